The highest BCUT2D eigenvalue weighted by Gasteiger charge is 2.43. The molecule has 2 heterocycles. The minimum atomic E-state index is -0.715. The Hall–Kier alpha value is -2.38. The molecule has 218 valence electrons. The van der Waals surface area contributed by atoms with Crippen molar-refractivity contribution in [3.05, 3.63) is 71.0 Å². The molecule has 1 N–H and O–H groups in total. The first-order chi connectivity index (χ1) is 19.4. The Morgan fingerprint density at radius 3 is 2.30 bits per heavy atom. The molecule has 2 saturated heterocycles. The normalized spacial score (nSPS) is 24.4. The zero-order chi connectivity index (χ0) is 28.1. The average Bonchev–Trinajstić information content (AvgIpc) is 3.32. The van der Waals surface area contributed by atoms with Crippen LogP contribution in [0, 0.1) is 35.2 Å². The van der Waals surface area contributed by atoms with E-state index in [1.165, 1.54) is 24.6 Å². The predicted molar refractivity (Wildman–Crippen MR) is 151 cm³/mol. The zero-order valence-electron chi connectivity index (χ0n) is 23.4. The number of hydrogen-bond donors (Lipinski definition) is 1. The lowest BCUT2D eigenvalue weighted by atomic mass is 9.83. The highest BCUT2D eigenvalue weighted by Crippen LogP contribution is 2.39. The van der Waals surface area contributed by atoms with Crippen LogP contribution in [0.15, 0.2) is 42.5 Å². The third-order valence-electron chi connectivity index (χ3n) is 9.69. The summed E-state index contributed by atoms with van der Waals surface area (Å²) in [5.74, 6) is -0.810. The third-order valence-corrected chi connectivity index (χ3v) is 9.69. The fraction of sp³-hybridized carbons (Fsp3) is 0.606. The summed E-state index contributed by atoms with van der Waals surface area (Å²) in [5, 5.41) is 10.2. The number of nitrogens with zero attached hydrogens (tertiary/aromatic N) is 2. The molecule has 0 spiro atoms. The molecule has 0 bridgehead atoms. The number of carboxylic acids is 1. The Labute approximate surface area is 236 Å². The fourth-order valence-electron chi connectivity index (χ4n) is 7.68. The molecule has 3 atom stereocenters. The van der Waals surface area contributed by atoms with Crippen molar-refractivity contribution in [2.45, 2.75) is 76.2 Å². The van der Waals surface area contributed by atoms with Gasteiger partial charge in [-0.05, 0) is 105 Å². The molecule has 7 heteroatoms. The van der Waals surface area contributed by atoms with Crippen LogP contribution in [-0.2, 0) is 11.2 Å². The van der Waals surface area contributed by atoms with Crippen molar-refractivity contribution in [2.24, 2.45) is 17.8 Å². The Balaban J connectivity index is 1.18. The van der Waals surface area contributed by atoms with Gasteiger partial charge in [0.2, 0.25) is 0 Å². The van der Waals surface area contributed by atoms with Crippen molar-refractivity contribution < 1.29 is 23.1 Å². The van der Waals surface area contributed by atoms with Gasteiger partial charge in [0.15, 0.2) is 0 Å². The molecule has 0 amide bonds. The second-order valence-corrected chi connectivity index (χ2v) is 12.5. The quantitative estimate of drug-likeness (QED) is 0.346. The lowest BCUT2D eigenvalue weighted by Crippen LogP contribution is -2.46. The molecule has 3 fully saturated rings. The molecule has 0 unspecified atom stereocenters. The number of carboxylic acid groups (broad SMARTS) is 1. The fourth-order valence-corrected chi connectivity index (χ4v) is 7.68. The molecule has 0 aromatic heterocycles. The average molecular weight is 557 g/mol. The second kappa shape index (κ2) is 13.5. The van der Waals surface area contributed by atoms with Crippen LogP contribution >= 0.6 is 0 Å². The maximum absolute atomic E-state index is 14.2. The van der Waals surface area contributed by atoms with Crippen molar-refractivity contribution in [2.75, 3.05) is 32.7 Å². The standard InChI is InChI=1S/C33H43F3N2O2/c34-28-11-5-10-26(18-28)31-22-38(32(33(39)40)25-8-2-1-3-9-25)21-27(31)20-37-14-12-23(13-15-37)6-4-7-24-16-29(35)19-30(36)17-24/h5,10-11,16-19,23,25,27,31-32H,1-4,6-9,12-15,20-22H2,(H,39,40)/t27-,31+,32+/m0/s1. The molecule has 1 saturated carbocycles. The molecule has 4 nitrogen and oxygen atoms in total. The Morgan fingerprint density at radius 2 is 1.62 bits per heavy atom. The van der Waals surface area contributed by atoms with Crippen LogP contribution in [0.3, 0.4) is 0 Å². The van der Waals surface area contributed by atoms with Gasteiger partial charge in [-0.15, -0.1) is 0 Å². The molecule has 3 aliphatic rings. The number of benzene rings is 2. The minimum Gasteiger partial charge on any atom is -0.480 e. The van der Waals surface area contributed by atoms with E-state index in [1.807, 2.05) is 6.07 Å². The number of carbonyl (C=O) groups is 1. The summed E-state index contributed by atoms with van der Waals surface area (Å²) in [6.45, 7) is 4.29. The van der Waals surface area contributed by atoms with Crippen molar-refractivity contribution in [1.82, 2.24) is 9.80 Å². The number of aryl methyl sites for hydroxylation is 1. The zero-order valence-corrected chi connectivity index (χ0v) is 23.4. The van der Waals surface area contributed by atoms with E-state index in [0.29, 0.717) is 18.9 Å². The number of aliphatic carboxylic acids is 1. The molecule has 0 radical (unpaired) electrons. The SMILES string of the molecule is O=C(O)[C@@H](C1CCCCC1)N1C[C@H](CN2CCC(CCCc3cc(F)cc(F)c3)CC2)[C@@H](c2cccc(F)c2)C1. The molecular weight excluding hydrogens is 513 g/mol. The summed E-state index contributed by atoms with van der Waals surface area (Å²) < 4.78 is 41.2. The number of halogens is 3. The summed E-state index contributed by atoms with van der Waals surface area (Å²) in [4.78, 5) is 17.2. The Morgan fingerprint density at radius 1 is 0.900 bits per heavy atom. The molecule has 2 aromatic carbocycles. The van der Waals surface area contributed by atoms with Crippen molar-refractivity contribution in [1.29, 1.82) is 0 Å². The van der Waals surface area contributed by atoms with E-state index in [0.717, 1.165) is 94.7 Å². The molecule has 2 aromatic rings. The highest BCUT2D eigenvalue weighted by atomic mass is 19.1. The van der Waals surface area contributed by atoms with Gasteiger partial charge < -0.3 is 10.0 Å². The van der Waals surface area contributed by atoms with Crippen LogP contribution in [0.2, 0.25) is 0 Å². The lowest BCUT2D eigenvalue weighted by Gasteiger charge is -2.35. The van der Waals surface area contributed by atoms with Crippen LogP contribution in [0.4, 0.5) is 13.2 Å². The van der Waals surface area contributed by atoms with Gasteiger partial charge in [-0.3, -0.25) is 9.69 Å². The van der Waals surface area contributed by atoms with Gasteiger partial charge in [-0.25, -0.2) is 13.2 Å². The largest absolute Gasteiger partial charge is 0.480 e. The van der Waals surface area contributed by atoms with Gasteiger partial charge in [0.1, 0.15) is 23.5 Å². The molecule has 1 aliphatic carbocycles. The molecule has 2 aliphatic heterocycles. The van der Waals surface area contributed by atoms with E-state index in [2.05, 4.69) is 9.80 Å². The van der Waals surface area contributed by atoms with E-state index in [1.54, 1.807) is 12.1 Å². The van der Waals surface area contributed by atoms with E-state index in [-0.39, 0.29) is 23.6 Å². The van der Waals surface area contributed by atoms with Gasteiger partial charge >= 0.3 is 5.97 Å². The highest BCUT2D eigenvalue weighted by molar-refractivity contribution is 5.74. The summed E-state index contributed by atoms with van der Waals surface area (Å²) in [7, 11) is 0. The van der Waals surface area contributed by atoms with Crippen LogP contribution in [-0.4, -0.2) is 59.6 Å². The number of likely N-dealkylation sites (tertiary alicyclic amines) is 2. The van der Waals surface area contributed by atoms with Gasteiger partial charge in [-0.2, -0.15) is 0 Å². The van der Waals surface area contributed by atoms with Crippen molar-refractivity contribution >= 4 is 5.97 Å². The maximum atomic E-state index is 14.2. The smallest absolute Gasteiger partial charge is 0.321 e. The second-order valence-electron chi connectivity index (χ2n) is 12.5. The van der Waals surface area contributed by atoms with Crippen LogP contribution < -0.4 is 0 Å². The number of hydrogen-bond acceptors (Lipinski definition) is 3. The molecule has 40 heavy (non-hydrogen) atoms. The first kappa shape index (κ1) is 29.1. The monoisotopic (exact) mass is 556 g/mol. The number of rotatable bonds is 10. The van der Waals surface area contributed by atoms with Gasteiger partial charge in [0.05, 0.1) is 0 Å². The Bertz CT molecular complexity index is 1110. The van der Waals surface area contributed by atoms with Gasteiger partial charge in [-0.1, -0.05) is 37.8 Å². The van der Waals surface area contributed by atoms with E-state index in [9.17, 15) is 23.1 Å². The summed E-state index contributed by atoms with van der Waals surface area (Å²) in [6, 6.07) is 10.2. The van der Waals surface area contributed by atoms with Crippen molar-refractivity contribution in [3.8, 4) is 0 Å². The van der Waals surface area contributed by atoms with Crippen molar-refractivity contribution in [3.63, 3.8) is 0 Å². The topological polar surface area (TPSA) is 43.8 Å². The summed E-state index contributed by atoms with van der Waals surface area (Å²) >= 11 is 0. The summed E-state index contributed by atoms with van der Waals surface area (Å²) in [5.41, 5.74) is 1.70. The lowest BCUT2D eigenvalue weighted by molar-refractivity contribution is -0.145. The van der Waals surface area contributed by atoms with Gasteiger partial charge in [0, 0.05) is 31.6 Å². The van der Waals surface area contributed by atoms with Gasteiger partial charge in [0.25, 0.3) is 0 Å². The van der Waals surface area contributed by atoms with Crippen LogP contribution in [0.1, 0.15) is 74.8 Å². The van der Waals surface area contributed by atoms with E-state index in [4.69, 9.17) is 0 Å². The van der Waals surface area contributed by atoms with E-state index >= 15 is 0 Å². The van der Waals surface area contributed by atoms with E-state index < -0.39 is 23.6 Å². The minimum absolute atomic E-state index is 0.116. The summed E-state index contributed by atoms with van der Waals surface area (Å²) in [6.07, 6.45) is 10.2. The predicted octanol–water partition coefficient (Wildman–Crippen LogP) is 6.89. The van der Waals surface area contributed by atoms with Crippen LogP contribution in [0.25, 0.3) is 0 Å². The molecule has 5 rings (SSSR count). The third kappa shape index (κ3) is 7.47. The first-order valence-electron chi connectivity index (χ1n) is 15.3. The Kier molecular flexibility index (Phi) is 9.84. The molecular formula is C33H43F3N2O2. The maximum Gasteiger partial charge on any atom is 0.321 e. The van der Waals surface area contributed by atoms with Crippen LogP contribution in [0.5, 0.6) is 0 Å². The number of piperidine rings is 1. The first-order valence-corrected chi connectivity index (χ1v) is 15.3.